The van der Waals surface area contributed by atoms with Crippen molar-refractivity contribution in [2.45, 2.75) is 25.7 Å². The average molecular weight is 485 g/mol. The summed E-state index contributed by atoms with van der Waals surface area (Å²) in [6, 6.07) is 13.3. The zero-order valence-corrected chi connectivity index (χ0v) is 19.7. The lowest BCUT2D eigenvalue weighted by Crippen LogP contribution is -2.19. The topological polar surface area (TPSA) is 103 Å². The number of rotatable bonds is 6. The molecule has 0 amide bonds. The van der Waals surface area contributed by atoms with Crippen molar-refractivity contribution in [3.63, 3.8) is 0 Å². The van der Waals surface area contributed by atoms with Crippen molar-refractivity contribution in [3.05, 3.63) is 76.4 Å². The predicted octanol–water partition coefficient (Wildman–Crippen LogP) is 4.67. The standard InChI is InChI=1S/C23H21ClN4O4S/c1-4-32-23(29)19-13-25-28(20-12-15(3)18-7-5-6-14(2)21(18)26-20)22(19)27-33(30,31)17-10-8-16(24)9-11-17/h5-13,27H,4H2,1-3H3. The van der Waals surface area contributed by atoms with Gasteiger partial charge >= 0.3 is 5.97 Å². The average Bonchev–Trinajstić information content (AvgIpc) is 3.18. The first-order valence-electron chi connectivity index (χ1n) is 10.1. The summed E-state index contributed by atoms with van der Waals surface area (Å²) in [7, 11) is -4.07. The Morgan fingerprint density at radius 3 is 2.55 bits per heavy atom. The van der Waals surface area contributed by atoms with Crippen molar-refractivity contribution in [1.29, 1.82) is 0 Å². The highest BCUT2D eigenvalue weighted by molar-refractivity contribution is 7.92. The second kappa shape index (κ2) is 8.84. The van der Waals surface area contributed by atoms with E-state index in [0.717, 1.165) is 22.0 Å². The van der Waals surface area contributed by atoms with Gasteiger partial charge in [0.1, 0.15) is 5.56 Å². The van der Waals surface area contributed by atoms with Gasteiger partial charge in [0.15, 0.2) is 11.6 Å². The van der Waals surface area contributed by atoms with Gasteiger partial charge in [0.2, 0.25) is 0 Å². The molecule has 0 radical (unpaired) electrons. The van der Waals surface area contributed by atoms with E-state index in [1.54, 1.807) is 13.0 Å². The molecule has 170 valence electrons. The molecular formula is C23H21ClN4O4S. The number of benzene rings is 2. The highest BCUT2D eigenvalue weighted by atomic mass is 35.5. The minimum Gasteiger partial charge on any atom is -0.462 e. The number of pyridine rings is 1. The number of nitrogens with zero attached hydrogens (tertiary/aromatic N) is 3. The number of aromatic nitrogens is 3. The van der Waals surface area contributed by atoms with Crippen LogP contribution in [-0.4, -0.2) is 35.8 Å². The first-order chi connectivity index (χ1) is 15.7. The molecule has 4 rings (SSSR count). The highest BCUT2D eigenvalue weighted by Gasteiger charge is 2.26. The summed E-state index contributed by atoms with van der Waals surface area (Å²) >= 11 is 5.89. The fourth-order valence-corrected chi connectivity index (χ4v) is 4.62. The number of nitrogens with one attached hydrogen (secondary N) is 1. The van der Waals surface area contributed by atoms with Gasteiger partial charge in [0, 0.05) is 10.4 Å². The van der Waals surface area contributed by atoms with E-state index in [9.17, 15) is 13.2 Å². The van der Waals surface area contributed by atoms with E-state index >= 15 is 0 Å². The molecule has 1 N–H and O–H groups in total. The molecular weight excluding hydrogens is 464 g/mol. The van der Waals surface area contributed by atoms with Crippen LogP contribution >= 0.6 is 11.6 Å². The van der Waals surface area contributed by atoms with Gasteiger partial charge in [-0.25, -0.2) is 18.2 Å². The van der Waals surface area contributed by atoms with E-state index < -0.39 is 16.0 Å². The lowest BCUT2D eigenvalue weighted by Gasteiger charge is -2.14. The monoisotopic (exact) mass is 484 g/mol. The molecule has 0 aliphatic rings. The number of fused-ring (bicyclic) bond motifs is 1. The van der Waals surface area contributed by atoms with Crippen LogP contribution in [0.25, 0.3) is 16.7 Å². The lowest BCUT2D eigenvalue weighted by molar-refractivity contribution is 0.0527. The van der Waals surface area contributed by atoms with E-state index in [0.29, 0.717) is 10.8 Å². The summed E-state index contributed by atoms with van der Waals surface area (Å²) < 4.78 is 35.1. The molecule has 0 bridgehead atoms. The summed E-state index contributed by atoms with van der Waals surface area (Å²) in [5.41, 5.74) is 2.61. The summed E-state index contributed by atoms with van der Waals surface area (Å²) in [6.45, 7) is 5.66. The molecule has 2 aromatic heterocycles. The lowest BCUT2D eigenvalue weighted by atomic mass is 10.1. The molecule has 8 nitrogen and oxygen atoms in total. The van der Waals surface area contributed by atoms with Gasteiger partial charge in [-0.15, -0.1) is 0 Å². The Balaban J connectivity index is 1.88. The zero-order chi connectivity index (χ0) is 23.8. The number of hydrogen-bond donors (Lipinski definition) is 1. The number of ether oxygens (including phenoxy) is 1. The van der Waals surface area contributed by atoms with Gasteiger partial charge in [-0.05, 0) is 62.2 Å². The molecule has 4 aromatic rings. The Morgan fingerprint density at radius 1 is 1.12 bits per heavy atom. The molecule has 0 saturated heterocycles. The molecule has 0 aliphatic heterocycles. The van der Waals surface area contributed by atoms with Crippen molar-refractivity contribution in [2.24, 2.45) is 0 Å². The number of sulfonamides is 1. The minimum absolute atomic E-state index is 0.0204. The van der Waals surface area contributed by atoms with E-state index in [4.69, 9.17) is 21.3 Å². The van der Waals surface area contributed by atoms with Gasteiger partial charge in [0.25, 0.3) is 10.0 Å². The maximum atomic E-state index is 13.1. The largest absolute Gasteiger partial charge is 0.462 e. The van der Waals surface area contributed by atoms with Gasteiger partial charge < -0.3 is 4.74 Å². The molecule has 0 atom stereocenters. The molecule has 0 unspecified atom stereocenters. The fourth-order valence-electron chi connectivity index (χ4n) is 3.43. The molecule has 33 heavy (non-hydrogen) atoms. The van der Waals surface area contributed by atoms with E-state index in [-0.39, 0.29) is 22.9 Å². The Hall–Kier alpha value is -3.43. The third kappa shape index (κ3) is 4.42. The van der Waals surface area contributed by atoms with Crippen LogP contribution in [0.5, 0.6) is 0 Å². The summed E-state index contributed by atoms with van der Waals surface area (Å²) in [6.07, 6.45) is 1.26. The zero-order valence-electron chi connectivity index (χ0n) is 18.2. The molecule has 2 heterocycles. The van der Waals surface area contributed by atoms with Crippen molar-refractivity contribution in [3.8, 4) is 5.82 Å². The molecule has 10 heteroatoms. The molecule has 0 fully saturated rings. The van der Waals surface area contributed by atoms with E-state index in [1.165, 1.54) is 35.1 Å². The van der Waals surface area contributed by atoms with Crippen LogP contribution in [0.4, 0.5) is 5.82 Å². The smallest absolute Gasteiger partial charge is 0.343 e. The fraction of sp³-hybridized carbons (Fsp3) is 0.174. The van der Waals surface area contributed by atoms with Crippen molar-refractivity contribution in [2.75, 3.05) is 11.3 Å². The van der Waals surface area contributed by atoms with Gasteiger partial charge in [-0.1, -0.05) is 29.8 Å². The Morgan fingerprint density at radius 2 is 1.85 bits per heavy atom. The summed E-state index contributed by atoms with van der Waals surface area (Å²) in [5.74, 6) is -0.409. The summed E-state index contributed by atoms with van der Waals surface area (Å²) in [4.78, 5) is 17.2. The number of para-hydroxylation sites is 1. The Labute approximate surface area is 196 Å². The van der Waals surface area contributed by atoms with E-state index in [2.05, 4.69) is 9.82 Å². The van der Waals surface area contributed by atoms with Crippen LogP contribution in [0.2, 0.25) is 5.02 Å². The van der Waals surface area contributed by atoms with Gasteiger partial charge in [-0.3, -0.25) is 4.72 Å². The predicted molar refractivity (Wildman–Crippen MR) is 127 cm³/mol. The molecule has 2 aromatic carbocycles. The number of halogens is 1. The number of esters is 1. The number of carbonyl (C=O) groups is 1. The molecule has 0 spiro atoms. The van der Waals surface area contributed by atoms with Crippen LogP contribution in [0.1, 0.15) is 28.4 Å². The number of anilines is 1. The first kappa shape index (κ1) is 22.8. The number of hydrogen-bond acceptors (Lipinski definition) is 6. The van der Waals surface area contributed by atoms with Crippen LogP contribution in [-0.2, 0) is 14.8 Å². The Bertz CT molecular complexity index is 1460. The third-order valence-electron chi connectivity index (χ3n) is 5.07. The second-order valence-electron chi connectivity index (χ2n) is 7.37. The van der Waals surface area contributed by atoms with Gasteiger partial charge in [0.05, 0.1) is 23.2 Å². The normalized spacial score (nSPS) is 11.5. The van der Waals surface area contributed by atoms with Crippen LogP contribution in [0.15, 0.2) is 59.6 Å². The quantitative estimate of drug-likeness (QED) is 0.399. The number of aryl methyl sites for hydroxylation is 2. The maximum Gasteiger partial charge on any atom is 0.343 e. The summed E-state index contributed by atoms with van der Waals surface area (Å²) in [5, 5.41) is 5.64. The van der Waals surface area contributed by atoms with Crippen LogP contribution in [0.3, 0.4) is 0 Å². The van der Waals surface area contributed by atoms with Crippen molar-refractivity contribution >= 4 is 44.3 Å². The van der Waals surface area contributed by atoms with Crippen LogP contribution in [0, 0.1) is 13.8 Å². The minimum atomic E-state index is -4.07. The second-order valence-corrected chi connectivity index (χ2v) is 9.49. The molecule has 0 saturated carbocycles. The van der Waals surface area contributed by atoms with Gasteiger partial charge in [-0.2, -0.15) is 9.78 Å². The number of carbonyl (C=O) groups excluding carboxylic acids is 1. The maximum absolute atomic E-state index is 13.1. The van der Waals surface area contributed by atoms with Crippen molar-refractivity contribution < 1.29 is 17.9 Å². The Kier molecular flexibility index (Phi) is 6.09. The van der Waals surface area contributed by atoms with E-state index in [1.807, 2.05) is 32.0 Å². The first-order valence-corrected chi connectivity index (χ1v) is 12.0. The molecule has 0 aliphatic carbocycles. The highest BCUT2D eigenvalue weighted by Crippen LogP contribution is 2.27. The van der Waals surface area contributed by atoms with Crippen molar-refractivity contribution in [1.82, 2.24) is 14.8 Å². The SMILES string of the molecule is CCOC(=O)c1cnn(-c2cc(C)c3cccc(C)c3n2)c1NS(=O)(=O)c1ccc(Cl)cc1. The van der Waals surface area contributed by atoms with Crippen LogP contribution < -0.4 is 4.72 Å². The third-order valence-corrected chi connectivity index (χ3v) is 6.68.